The average Bonchev–Trinajstić information content (AvgIpc) is 3.51. The summed E-state index contributed by atoms with van der Waals surface area (Å²) in [4.78, 5) is 31.5. The molecule has 1 amide bonds. The zero-order valence-corrected chi connectivity index (χ0v) is 25.4. The molecule has 4 fully saturated rings. The predicted octanol–water partition coefficient (Wildman–Crippen LogP) is 4.62. The molecule has 4 aliphatic heterocycles. The van der Waals surface area contributed by atoms with Crippen LogP contribution in [-0.2, 0) is 10.2 Å². The molecule has 3 aromatic rings. The van der Waals surface area contributed by atoms with E-state index in [0.717, 1.165) is 72.6 Å². The van der Waals surface area contributed by atoms with Crippen LogP contribution in [-0.4, -0.2) is 76.7 Å². The number of carbonyl (C=O) groups is 1. The van der Waals surface area contributed by atoms with E-state index in [1.54, 1.807) is 0 Å². The van der Waals surface area contributed by atoms with Gasteiger partial charge in [-0.15, -0.1) is 0 Å². The van der Waals surface area contributed by atoms with Gasteiger partial charge in [-0.3, -0.25) is 4.79 Å². The van der Waals surface area contributed by atoms with Crippen LogP contribution in [0.4, 0.5) is 11.5 Å². The summed E-state index contributed by atoms with van der Waals surface area (Å²) in [6.45, 7) is 9.86. The largest absolute Gasteiger partial charge is 0.352 e. The van der Waals surface area contributed by atoms with Gasteiger partial charge in [-0.05, 0) is 96.2 Å². The second-order valence-electron chi connectivity index (χ2n) is 13.8. The van der Waals surface area contributed by atoms with Gasteiger partial charge in [0.15, 0.2) is 5.82 Å². The normalized spacial score (nSPS) is 25.7. The van der Waals surface area contributed by atoms with Crippen molar-refractivity contribution in [1.29, 1.82) is 5.26 Å². The van der Waals surface area contributed by atoms with Crippen molar-refractivity contribution in [2.75, 3.05) is 49.1 Å². The molecule has 1 aromatic carbocycles. The number of imidazole rings is 1. The summed E-state index contributed by atoms with van der Waals surface area (Å²) in [6.07, 6.45) is 9.70. The van der Waals surface area contributed by atoms with Crippen LogP contribution in [0.15, 0.2) is 30.6 Å². The molecule has 0 unspecified atom stereocenters. The molecule has 224 valence electrons. The van der Waals surface area contributed by atoms with Crippen LogP contribution in [0.25, 0.3) is 22.3 Å². The number of pyridine rings is 1. The van der Waals surface area contributed by atoms with Crippen molar-refractivity contribution in [3.63, 3.8) is 0 Å². The van der Waals surface area contributed by atoms with E-state index in [1.165, 1.54) is 37.9 Å². The Morgan fingerprint density at radius 2 is 1.81 bits per heavy atom. The fourth-order valence-electron chi connectivity index (χ4n) is 8.33. The maximum absolute atomic E-state index is 14.4. The second kappa shape index (κ2) is 10.3. The molecule has 8 rings (SSSR count). The van der Waals surface area contributed by atoms with Crippen LogP contribution in [0.3, 0.4) is 0 Å². The highest BCUT2D eigenvalue weighted by molar-refractivity contribution is 6.09. The van der Waals surface area contributed by atoms with Gasteiger partial charge in [0, 0.05) is 42.5 Å². The number of likely N-dealkylation sites (tertiary alicyclic amines) is 1. The molecule has 1 N–H and O–H groups in total. The smallest absolute Gasteiger partial charge is 0.238 e. The number of piperidine rings is 2. The zero-order chi connectivity index (χ0) is 29.3. The van der Waals surface area contributed by atoms with E-state index in [4.69, 9.17) is 9.97 Å². The monoisotopic (exact) mass is 578 g/mol. The number of nitrogens with one attached hydrogen (secondary N) is 1. The summed E-state index contributed by atoms with van der Waals surface area (Å²) >= 11 is 0. The lowest BCUT2D eigenvalue weighted by molar-refractivity contribution is -0.125. The summed E-state index contributed by atoms with van der Waals surface area (Å²) in [5.74, 6) is 1.25. The first-order valence-electron chi connectivity index (χ1n) is 16.4. The van der Waals surface area contributed by atoms with Gasteiger partial charge in [0.1, 0.15) is 5.52 Å². The number of nitriles is 1. The molecule has 0 bridgehead atoms. The molecule has 1 saturated carbocycles. The van der Waals surface area contributed by atoms with Crippen LogP contribution >= 0.6 is 0 Å². The van der Waals surface area contributed by atoms with Crippen LogP contribution in [0.2, 0.25) is 0 Å². The minimum absolute atomic E-state index is 0.0351. The van der Waals surface area contributed by atoms with Crippen molar-refractivity contribution in [1.82, 2.24) is 24.8 Å². The number of fused-ring (bicyclic) bond motifs is 3. The first kappa shape index (κ1) is 27.1. The van der Waals surface area contributed by atoms with Gasteiger partial charge in [0.2, 0.25) is 5.91 Å². The van der Waals surface area contributed by atoms with Crippen LogP contribution in [0.1, 0.15) is 70.4 Å². The molecule has 1 spiro atoms. The van der Waals surface area contributed by atoms with Crippen LogP contribution in [0.5, 0.6) is 0 Å². The Hall–Kier alpha value is -3.48. The topological polar surface area (TPSA) is 93.3 Å². The van der Waals surface area contributed by atoms with Crippen LogP contribution < -0.4 is 15.1 Å². The van der Waals surface area contributed by atoms with E-state index in [2.05, 4.69) is 68.8 Å². The Morgan fingerprint density at radius 1 is 1.05 bits per heavy atom. The number of rotatable bonds is 5. The minimum Gasteiger partial charge on any atom is -0.352 e. The summed E-state index contributed by atoms with van der Waals surface area (Å²) in [5.41, 5.74) is 5.72. The van der Waals surface area contributed by atoms with Gasteiger partial charge in [0.25, 0.3) is 0 Å². The Kier molecular flexibility index (Phi) is 6.50. The molecular weight excluding hydrogens is 536 g/mol. The lowest BCUT2D eigenvalue weighted by Gasteiger charge is -2.48. The molecule has 0 radical (unpaired) electrons. The first-order valence-corrected chi connectivity index (χ1v) is 16.4. The van der Waals surface area contributed by atoms with E-state index in [0.29, 0.717) is 25.0 Å². The second-order valence-corrected chi connectivity index (χ2v) is 13.8. The number of anilines is 2. The average molecular weight is 579 g/mol. The number of carbonyl (C=O) groups excluding carboxylic acids is 1. The van der Waals surface area contributed by atoms with E-state index >= 15 is 0 Å². The molecule has 43 heavy (non-hydrogen) atoms. The highest BCUT2D eigenvalue weighted by atomic mass is 16.2. The van der Waals surface area contributed by atoms with Crippen molar-refractivity contribution in [2.24, 2.45) is 5.92 Å². The maximum Gasteiger partial charge on any atom is 0.238 e. The highest BCUT2D eigenvalue weighted by Crippen LogP contribution is 2.51. The highest BCUT2D eigenvalue weighted by Gasteiger charge is 2.54. The third-order valence-electron chi connectivity index (χ3n) is 11.0. The van der Waals surface area contributed by atoms with E-state index in [-0.39, 0.29) is 18.0 Å². The number of nitrogens with zero attached hydrogens (tertiary/aromatic N) is 7. The molecule has 3 saturated heterocycles. The van der Waals surface area contributed by atoms with Gasteiger partial charge in [0.05, 0.1) is 34.9 Å². The Morgan fingerprint density at radius 3 is 2.53 bits per heavy atom. The zero-order valence-electron chi connectivity index (χ0n) is 25.4. The summed E-state index contributed by atoms with van der Waals surface area (Å²) in [7, 11) is 0. The number of benzene rings is 1. The third kappa shape index (κ3) is 4.21. The fraction of sp³-hybridized carbons (Fsp3) is 0.588. The molecule has 1 aliphatic carbocycles. The third-order valence-corrected chi connectivity index (χ3v) is 11.0. The molecule has 0 atom stereocenters. The molecule has 2 aromatic heterocycles. The van der Waals surface area contributed by atoms with Gasteiger partial charge < -0.3 is 24.6 Å². The van der Waals surface area contributed by atoms with Crippen molar-refractivity contribution >= 4 is 28.4 Å². The van der Waals surface area contributed by atoms with Gasteiger partial charge in [-0.1, -0.05) is 18.6 Å². The summed E-state index contributed by atoms with van der Waals surface area (Å²) in [5, 5.41) is 12.9. The molecule has 9 nitrogen and oxygen atoms in total. The standard InChI is InChI=1S/C34H42N8O/c1-22(2)41-21-37-29-17-28(38-32(31(29)41)40-19-23(18-35)20-40)24-6-7-27-30(14-24)42(33(43)34(27)8-10-36-11-9-34)26-15-25(16-26)39-12-4-3-5-13-39/h6-7,14,17,21-23,25-26,36H,3-5,8-13,15-16,19-20H2,1-2H3/t25-,26+. The van der Waals surface area contributed by atoms with Crippen molar-refractivity contribution in [3.05, 3.63) is 36.2 Å². The van der Waals surface area contributed by atoms with Crippen LogP contribution in [0, 0.1) is 17.2 Å². The molecular formula is C34H42N8O. The quantitative estimate of drug-likeness (QED) is 0.472. The van der Waals surface area contributed by atoms with E-state index in [1.807, 2.05) is 6.33 Å². The SMILES string of the molecule is CC(C)n1cnc2cc(-c3ccc4c(c3)N([C@H]3C[C@@H](N5CCCCC5)C3)C(=O)C43CCNCC3)nc(N3CC(C#N)C3)c21. The number of amides is 1. The van der Waals surface area contributed by atoms with E-state index in [9.17, 15) is 10.1 Å². The minimum atomic E-state index is -0.419. The summed E-state index contributed by atoms with van der Waals surface area (Å²) < 4.78 is 2.18. The van der Waals surface area contributed by atoms with Gasteiger partial charge >= 0.3 is 0 Å². The van der Waals surface area contributed by atoms with Gasteiger partial charge in [-0.25, -0.2) is 9.97 Å². The van der Waals surface area contributed by atoms with Crippen molar-refractivity contribution in [2.45, 2.75) is 82.3 Å². The lowest BCUT2D eigenvalue weighted by atomic mass is 9.74. The Balaban J connectivity index is 1.18. The van der Waals surface area contributed by atoms with Crippen molar-refractivity contribution in [3.8, 4) is 17.3 Å². The Bertz CT molecular complexity index is 1600. The summed E-state index contributed by atoms with van der Waals surface area (Å²) in [6, 6.07) is 12.2. The fourth-order valence-corrected chi connectivity index (χ4v) is 8.33. The molecule has 6 heterocycles. The Labute approximate surface area is 253 Å². The number of aromatic nitrogens is 3. The van der Waals surface area contributed by atoms with Gasteiger partial charge in [-0.2, -0.15) is 5.26 Å². The van der Waals surface area contributed by atoms with Crippen molar-refractivity contribution < 1.29 is 4.79 Å². The maximum atomic E-state index is 14.4. The molecule has 9 heteroatoms. The number of hydrogen-bond donors (Lipinski definition) is 1. The number of hydrogen-bond acceptors (Lipinski definition) is 7. The predicted molar refractivity (Wildman–Crippen MR) is 168 cm³/mol. The first-order chi connectivity index (χ1) is 21.0. The molecule has 5 aliphatic rings. The lowest BCUT2D eigenvalue weighted by Crippen LogP contribution is -2.58. The van der Waals surface area contributed by atoms with E-state index < -0.39 is 5.41 Å².